The van der Waals surface area contributed by atoms with Gasteiger partial charge in [-0.3, -0.25) is 4.79 Å². The van der Waals surface area contributed by atoms with E-state index in [-0.39, 0.29) is 18.6 Å². The van der Waals surface area contributed by atoms with Crippen LogP contribution in [0.2, 0.25) is 5.15 Å². The van der Waals surface area contributed by atoms with Gasteiger partial charge in [-0.05, 0) is 76.8 Å². The molecule has 0 unspecified atom stereocenters. The predicted molar refractivity (Wildman–Crippen MR) is 157 cm³/mol. The molecule has 3 rings (SSSR count). The lowest BCUT2D eigenvalue weighted by Gasteiger charge is -2.36. The number of ether oxygens (including phenoxy) is 3. The molecule has 0 radical (unpaired) electrons. The van der Waals surface area contributed by atoms with Crippen LogP contribution in [0.15, 0.2) is 41.8 Å². The highest BCUT2D eigenvalue weighted by Crippen LogP contribution is 2.29. The summed E-state index contributed by atoms with van der Waals surface area (Å²) in [6.45, 7) is 12.3. The van der Waals surface area contributed by atoms with Gasteiger partial charge in [-0.15, -0.1) is 11.3 Å². The number of carbonyl (C=O) groups excluding carboxylic acids is 1. The summed E-state index contributed by atoms with van der Waals surface area (Å²) in [5.41, 5.74) is 1.92. The summed E-state index contributed by atoms with van der Waals surface area (Å²) in [6.07, 6.45) is -1.86. The normalized spacial score (nSPS) is 13.3. The van der Waals surface area contributed by atoms with Crippen molar-refractivity contribution in [2.24, 2.45) is 0 Å². The Hall–Kier alpha value is -2.92. The Morgan fingerprint density at radius 2 is 1.75 bits per heavy atom. The summed E-state index contributed by atoms with van der Waals surface area (Å²) in [5.74, 6) is 0.281. The third-order valence-corrected chi connectivity index (χ3v) is 7.21. The summed E-state index contributed by atoms with van der Waals surface area (Å²) in [7, 11) is 0. The van der Waals surface area contributed by atoms with Crippen LogP contribution in [0.3, 0.4) is 0 Å². The van der Waals surface area contributed by atoms with E-state index in [4.69, 9.17) is 25.8 Å². The maximum absolute atomic E-state index is 14.1. The van der Waals surface area contributed by atoms with Crippen molar-refractivity contribution in [3.05, 3.63) is 58.1 Å². The van der Waals surface area contributed by atoms with Crippen LogP contribution in [-0.2, 0) is 27.2 Å². The largest absolute Gasteiger partial charge is 0.488 e. The number of hydrogen-bond donors (Lipinski definition) is 2. The van der Waals surface area contributed by atoms with Gasteiger partial charge in [0.1, 0.15) is 22.5 Å². The minimum Gasteiger partial charge on any atom is -0.488 e. The molecular weight excluding hydrogens is 554 g/mol. The molecule has 218 valence electrons. The molecule has 0 spiro atoms. The van der Waals surface area contributed by atoms with Gasteiger partial charge in [-0.1, -0.05) is 23.7 Å². The van der Waals surface area contributed by atoms with Crippen LogP contribution in [0.4, 0.5) is 4.79 Å². The van der Waals surface area contributed by atoms with Gasteiger partial charge in [0.25, 0.3) is 0 Å². The quantitative estimate of drug-likeness (QED) is 0.182. The van der Waals surface area contributed by atoms with Gasteiger partial charge in [0.2, 0.25) is 5.91 Å². The van der Waals surface area contributed by atoms with Crippen molar-refractivity contribution in [2.45, 2.75) is 78.5 Å². The van der Waals surface area contributed by atoms with Crippen LogP contribution in [-0.4, -0.2) is 64.2 Å². The van der Waals surface area contributed by atoms with E-state index in [9.17, 15) is 14.7 Å². The van der Waals surface area contributed by atoms with Crippen LogP contribution >= 0.6 is 22.9 Å². The molecule has 0 aliphatic carbocycles. The Balaban J connectivity index is 1.95. The van der Waals surface area contributed by atoms with Crippen LogP contribution < -0.4 is 10.1 Å². The van der Waals surface area contributed by atoms with Gasteiger partial charge in [0.15, 0.2) is 6.29 Å². The van der Waals surface area contributed by atoms with Gasteiger partial charge in [0, 0.05) is 31.7 Å². The molecule has 3 aromatic rings. The minimum absolute atomic E-state index is 0.145. The first-order valence-electron chi connectivity index (χ1n) is 13.3. The van der Waals surface area contributed by atoms with E-state index < -0.39 is 30.4 Å². The lowest BCUT2D eigenvalue weighted by molar-refractivity contribution is -0.179. The molecule has 2 atom stereocenters. The second kappa shape index (κ2) is 14.1. The van der Waals surface area contributed by atoms with Crippen molar-refractivity contribution in [1.82, 2.24) is 15.2 Å². The number of halogens is 1. The van der Waals surface area contributed by atoms with Crippen molar-refractivity contribution >= 4 is 45.2 Å². The monoisotopic (exact) mass is 591 g/mol. The van der Waals surface area contributed by atoms with E-state index in [1.807, 2.05) is 77.3 Å². The van der Waals surface area contributed by atoms with Crippen molar-refractivity contribution in [3.8, 4) is 5.75 Å². The lowest BCUT2D eigenvalue weighted by Crippen LogP contribution is -2.55. The molecule has 1 aromatic carbocycles. The SMILES string of the molecule is CCOC(OCC)[C@H](C)N(Cc1csc2ccc(Cl)nc12)C(=O)[C@H](Cc1ccc(OC(C)(C)C)cc1)NC(=O)O. The average Bonchev–Trinajstić information content (AvgIpc) is 3.27. The molecule has 0 aliphatic heterocycles. The third kappa shape index (κ3) is 8.79. The van der Waals surface area contributed by atoms with Gasteiger partial charge < -0.3 is 29.5 Å². The molecule has 0 bridgehead atoms. The first-order valence-corrected chi connectivity index (χ1v) is 14.5. The number of carbonyl (C=O) groups is 2. The number of hydrogen-bond acceptors (Lipinski definition) is 7. The fraction of sp³-hybridized carbons (Fsp3) is 0.483. The summed E-state index contributed by atoms with van der Waals surface area (Å²) >= 11 is 7.68. The zero-order chi connectivity index (χ0) is 29.4. The molecule has 2 aromatic heterocycles. The second-order valence-corrected chi connectivity index (χ2v) is 11.6. The number of nitrogens with one attached hydrogen (secondary N) is 1. The highest BCUT2D eigenvalue weighted by Gasteiger charge is 2.34. The lowest BCUT2D eigenvalue weighted by atomic mass is 10.0. The summed E-state index contributed by atoms with van der Waals surface area (Å²) < 4.78 is 18.5. The number of carboxylic acid groups (broad SMARTS) is 1. The number of pyridine rings is 1. The fourth-order valence-electron chi connectivity index (χ4n) is 4.29. The second-order valence-electron chi connectivity index (χ2n) is 10.3. The smallest absolute Gasteiger partial charge is 0.405 e. The Morgan fingerprint density at radius 1 is 1.10 bits per heavy atom. The van der Waals surface area contributed by atoms with E-state index in [2.05, 4.69) is 10.3 Å². The van der Waals surface area contributed by atoms with E-state index in [1.165, 1.54) is 11.3 Å². The van der Waals surface area contributed by atoms with E-state index in [0.717, 1.165) is 15.8 Å². The number of amides is 2. The van der Waals surface area contributed by atoms with E-state index >= 15 is 0 Å². The minimum atomic E-state index is -1.29. The van der Waals surface area contributed by atoms with Crippen LogP contribution in [0, 0.1) is 0 Å². The number of fused-ring (bicyclic) bond motifs is 1. The average molecular weight is 592 g/mol. The standard InChI is InChI=1S/C29H38ClN3O6S/c1-7-37-27(38-8-2)18(3)33(16-20-17-40-23-13-14-24(30)32-25(20)23)26(34)22(31-28(35)36)15-19-9-11-21(12-10-19)39-29(4,5)6/h9-14,17-18,22,27,31H,7-8,15-16H2,1-6H3,(H,35,36)/t18-,22-/m0/s1. The van der Waals surface area contributed by atoms with E-state index in [0.29, 0.717) is 29.6 Å². The van der Waals surface area contributed by atoms with Gasteiger partial charge in [-0.25, -0.2) is 9.78 Å². The third-order valence-electron chi connectivity index (χ3n) is 6.01. The highest BCUT2D eigenvalue weighted by molar-refractivity contribution is 7.17. The van der Waals surface area contributed by atoms with Crippen molar-refractivity contribution in [1.29, 1.82) is 0 Å². The molecule has 2 N–H and O–H groups in total. The van der Waals surface area contributed by atoms with E-state index in [1.54, 1.807) is 11.0 Å². The Morgan fingerprint density at radius 3 is 2.33 bits per heavy atom. The maximum Gasteiger partial charge on any atom is 0.405 e. The van der Waals surface area contributed by atoms with Gasteiger partial charge in [-0.2, -0.15) is 0 Å². The van der Waals surface area contributed by atoms with Crippen LogP contribution in [0.25, 0.3) is 10.2 Å². The molecule has 2 heterocycles. The topological polar surface area (TPSA) is 110 Å². The van der Waals surface area contributed by atoms with Gasteiger partial charge in [0.05, 0.1) is 16.3 Å². The zero-order valence-electron chi connectivity index (χ0n) is 23.8. The number of nitrogens with zero attached hydrogens (tertiary/aromatic N) is 2. The van der Waals surface area contributed by atoms with Crippen molar-refractivity contribution < 1.29 is 28.9 Å². The summed E-state index contributed by atoms with van der Waals surface area (Å²) in [4.78, 5) is 32.0. The Bertz CT molecular complexity index is 1270. The molecule has 0 aliphatic rings. The Kier molecular flexibility index (Phi) is 11.2. The van der Waals surface area contributed by atoms with Crippen molar-refractivity contribution in [2.75, 3.05) is 13.2 Å². The molecule has 0 saturated carbocycles. The first-order chi connectivity index (χ1) is 18.9. The number of thiophene rings is 1. The van der Waals surface area contributed by atoms with Crippen LogP contribution in [0.1, 0.15) is 52.7 Å². The van der Waals surface area contributed by atoms with Crippen molar-refractivity contribution in [3.63, 3.8) is 0 Å². The fourth-order valence-corrected chi connectivity index (χ4v) is 5.33. The molecule has 0 saturated heterocycles. The molecule has 11 heteroatoms. The zero-order valence-corrected chi connectivity index (χ0v) is 25.3. The number of rotatable bonds is 13. The number of aromatic nitrogens is 1. The summed E-state index contributed by atoms with van der Waals surface area (Å²) in [6, 6.07) is 9.31. The molecule has 40 heavy (non-hydrogen) atoms. The Labute approximate surface area is 244 Å². The predicted octanol–water partition coefficient (Wildman–Crippen LogP) is 6.12. The highest BCUT2D eigenvalue weighted by atomic mass is 35.5. The number of benzene rings is 1. The maximum atomic E-state index is 14.1. The molecule has 9 nitrogen and oxygen atoms in total. The van der Waals surface area contributed by atoms with Gasteiger partial charge >= 0.3 is 6.09 Å². The molecule has 2 amide bonds. The molecular formula is C29H38ClN3O6S. The molecule has 0 fully saturated rings. The first kappa shape index (κ1) is 31.6. The van der Waals surface area contributed by atoms with Crippen LogP contribution in [0.5, 0.6) is 5.75 Å². The summed E-state index contributed by atoms with van der Waals surface area (Å²) in [5, 5.41) is 14.3.